The summed E-state index contributed by atoms with van der Waals surface area (Å²) < 4.78 is 15.0. The second-order valence-corrected chi connectivity index (χ2v) is 7.35. The Labute approximate surface area is 126 Å². The molecule has 0 saturated carbocycles. The smallest absolute Gasteiger partial charge is 0.324 e. The third-order valence-electron chi connectivity index (χ3n) is 2.77. The number of hydrogen-bond donors (Lipinski definition) is 2. The van der Waals surface area contributed by atoms with E-state index < -0.39 is 6.72 Å². The molecule has 0 bridgehead atoms. The van der Waals surface area contributed by atoms with Gasteiger partial charge in [-0.1, -0.05) is 13.3 Å². The van der Waals surface area contributed by atoms with Crippen molar-refractivity contribution in [1.82, 2.24) is 5.32 Å². The lowest BCUT2D eigenvalue weighted by atomic mass is 10.2. The summed E-state index contributed by atoms with van der Waals surface area (Å²) in [5.41, 5.74) is 0. The summed E-state index contributed by atoms with van der Waals surface area (Å²) in [6.45, 7) is -0.276. The van der Waals surface area contributed by atoms with Crippen molar-refractivity contribution >= 4 is 24.4 Å². The molecule has 6 nitrogen and oxygen atoms in total. The minimum Gasteiger partial charge on any atom is -0.379 e. The zero-order chi connectivity index (χ0) is 15.4. The predicted molar refractivity (Wildman–Crippen MR) is 82.0 cm³/mol. The molecule has 0 aliphatic heterocycles. The average molecular weight is 327 g/mol. The van der Waals surface area contributed by atoms with Gasteiger partial charge in [0.05, 0.1) is 12.7 Å². The molecule has 0 aromatic rings. The molecule has 0 spiro atoms. The first-order valence-corrected chi connectivity index (χ1v) is 9.36. The first-order valence-electron chi connectivity index (χ1n) is 6.77. The molecule has 2 atom stereocenters. The number of amides is 1. The molecule has 0 saturated heterocycles. The fraction of sp³-hybridized carbons (Fsp3) is 0.917. The van der Waals surface area contributed by atoms with Gasteiger partial charge in [-0.05, 0) is 31.1 Å². The van der Waals surface area contributed by atoms with Crippen LogP contribution in [0.25, 0.3) is 0 Å². The monoisotopic (exact) mass is 327 g/mol. The van der Waals surface area contributed by atoms with Crippen LogP contribution in [0.2, 0.25) is 0 Å². The topological polar surface area (TPSA) is 77.0 Å². The Morgan fingerprint density at radius 2 is 2.10 bits per heavy atom. The Kier molecular flexibility index (Phi) is 11.6. The third kappa shape index (κ3) is 10.7. The average Bonchev–Trinajstić information content (AvgIpc) is 2.44. The van der Waals surface area contributed by atoms with Crippen molar-refractivity contribution in [3.63, 3.8) is 0 Å². The highest BCUT2D eigenvalue weighted by Crippen LogP contribution is 2.42. The van der Waals surface area contributed by atoms with Crippen molar-refractivity contribution in [3.05, 3.63) is 0 Å². The third-order valence-corrected chi connectivity index (χ3v) is 4.47. The molecule has 1 amide bonds. The molecule has 0 heterocycles. The van der Waals surface area contributed by atoms with Gasteiger partial charge in [-0.3, -0.25) is 4.79 Å². The Balaban J connectivity index is 3.75. The summed E-state index contributed by atoms with van der Waals surface area (Å²) in [5.74, 6) is 0.0855. The van der Waals surface area contributed by atoms with E-state index in [4.69, 9.17) is 21.1 Å². The minimum atomic E-state index is -3.12. The summed E-state index contributed by atoms with van der Waals surface area (Å²) in [5, 5.41) is 2.86. The number of rotatable bonds is 12. The number of methoxy groups -OCH3 is 1. The Morgan fingerprint density at radius 1 is 1.40 bits per heavy atom. The van der Waals surface area contributed by atoms with Crippen LogP contribution in [0.1, 0.15) is 39.0 Å². The van der Waals surface area contributed by atoms with E-state index in [1.54, 1.807) is 7.11 Å². The first-order chi connectivity index (χ1) is 9.45. The van der Waals surface area contributed by atoms with Crippen LogP contribution < -0.4 is 5.32 Å². The van der Waals surface area contributed by atoms with Gasteiger partial charge >= 0.3 is 6.72 Å². The fourth-order valence-electron chi connectivity index (χ4n) is 1.48. The van der Waals surface area contributed by atoms with Crippen LogP contribution in [0.5, 0.6) is 0 Å². The molecule has 2 unspecified atom stereocenters. The second-order valence-electron chi connectivity index (χ2n) is 4.40. The van der Waals surface area contributed by atoms with Crippen molar-refractivity contribution < 1.29 is 23.5 Å². The van der Waals surface area contributed by atoms with Gasteiger partial charge in [0.25, 0.3) is 0 Å². The van der Waals surface area contributed by atoms with Crippen LogP contribution in [0, 0.1) is 0 Å². The van der Waals surface area contributed by atoms with Crippen molar-refractivity contribution in [2.24, 2.45) is 0 Å². The van der Waals surface area contributed by atoms with E-state index in [1.807, 2.05) is 0 Å². The van der Waals surface area contributed by atoms with Gasteiger partial charge in [0.15, 0.2) is 0 Å². The van der Waals surface area contributed by atoms with Gasteiger partial charge in [0, 0.05) is 27.2 Å². The van der Waals surface area contributed by atoms with Crippen molar-refractivity contribution in [3.8, 4) is 0 Å². The number of nitrogens with one attached hydrogen (secondary N) is 1. The lowest BCUT2D eigenvalue weighted by molar-refractivity contribution is -0.121. The van der Waals surface area contributed by atoms with Gasteiger partial charge in [-0.25, -0.2) is 0 Å². The molecule has 0 radical (unpaired) electrons. The quantitative estimate of drug-likeness (QED) is 0.421. The molecule has 0 aromatic heterocycles. The van der Waals surface area contributed by atoms with Crippen LogP contribution in [-0.2, 0) is 30.4 Å². The van der Waals surface area contributed by atoms with Crippen LogP contribution in [-0.4, -0.2) is 44.3 Å². The lowest BCUT2D eigenvalue weighted by Crippen LogP contribution is -2.26. The summed E-state index contributed by atoms with van der Waals surface area (Å²) in [7, 11) is 2.88. The number of carbonyl (C=O) groups excluding carboxylic acids is 1. The Morgan fingerprint density at radius 3 is 2.65 bits per heavy atom. The second kappa shape index (κ2) is 11.6. The van der Waals surface area contributed by atoms with Crippen LogP contribution in [0.4, 0.5) is 0 Å². The number of carbonyl (C=O) groups is 1. The molecule has 20 heavy (non-hydrogen) atoms. The Hall–Kier alpha value is -0.0400. The van der Waals surface area contributed by atoms with Crippen LogP contribution >= 0.6 is 6.72 Å². The highest BCUT2D eigenvalue weighted by atomic mass is 32.5. The SMILES string of the molecule is CCCCC(=O)NCCCC(COP(O)(=S)OC)OC. The molecule has 0 fully saturated rings. The summed E-state index contributed by atoms with van der Waals surface area (Å²) >= 11 is 4.73. The summed E-state index contributed by atoms with van der Waals surface area (Å²) in [4.78, 5) is 20.8. The zero-order valence-corrected chi connectivity index (χ0v) is 14.2. The highest BCUT2D eigenvalue weighted by Gasteiger charge is 2.16. The number of unbranched alkanes of at least 4 members (excludes halogenated alkanes) is 1. The largest absolute Gasteiger partial charge is 0.379 e. The molecule has 0 aliphatic carbocycles. The van der Waals surface area contributed by atoms with Gasteiger partial charge in [0.1, 0.15) is 0 Å². The van der Waals surface area contributed by atoms with Crippen molar-refractivity contribution in [2.45, 2.75) is 45.1 Å². The predicted octanol–water partition coefficient (Wildman–Crippen LogP) is 1.97. The molecular formula is C12H26NO5PS. The van der Waals surface area contributed by atoms with Crippen LogP contribution in [0.15, 0.2) is 0 Å². The maximum Gasteiger partial charge on any atom is 0.324 e. The van der Waals surface area contributed by atoms with E-state index in [0.717, 1.165) is 19.3 Å². The molecule has 2 N–H and O–H groups in total. The maximum atomic E-state index is 11.4. The van der Waals surface area contributed by atoms with Crippen LogP contribution in [0.3, 0.4) is 0 Å². The van der Waals surface area contributed by atoms with Gasteiger partial charge in [-0.15, -0.1) is 0 Å². The van der Waals surface area contributed by atoms with Crippen molar-refractivity contribution in [2.75, 3.05) is 27.4 Å². The highest BCUT2D eigenvalue weighted by molar-refractivity contribution is 8.07. The summed E-state index contributed by atoms with van der Waals surface area (Å²) in [6.07, 6.45) is 3.83. The zero-order valence-electron chi connectivity index (χ0n) is 12.5. The summed E-state index contributed by atoms with van der Waals surface area (Å²) in [6, 6.07) is 0. The molecule has 8 heteroatoms. The molecule has 120 valence electrons. The number of hydrogen-bond acceptors (Lipinski definition) is 5. The molecular weight excluding hydrogens is 301 g/mol. The molecule has 0 aromatic carbocycles. The van der Waals surface area contributed by atoms with E-state index in [1.165, 1.54) is 7.11 Å². The van der Waals surface area contributed by atoms with Crippen molar-refractivity contribution in [1.29, 1.82) is 0 Å². The normalized spacial score (nSPS) is 15.6. The minimum absolute atomic E-state index is 0.0855. The van der Waals surface area contributed by atoms with E-state index in [9.17, 15) is 9.69 Å². The van der Waals surface area contributed by atoms with Gasteiger partial charge in [-0.2, -0.15) is 0 Å². The molecule has 0 aliphatic rings. The maximum absolute atomic E-state index is 11.4. The molecule has 0 rings (SSSR count). The van der Waals surface area contributed by atoms with Gasteiger partial charge < -0.3 is 24.0 Å². The fourth-order valence-corrected chi connectivity index (χ4v) is 2.13. The standard InChI is InChI=1S/C12H26NO5PS/c1-4-5-8-12(14)13-9-6-7-11(16-2)10-18-19(15,20)17-3/h11H,4-10H2,1-3H3,(H,13,14)(H,15,20). The van der Waals surface area contributed by atoms with E-state index >= 15 is 0 Å². The Bertz CT molecular complexity index is 316. The van der Waals surface area contributed by atoms with E-state index in [2.05, 4.69) is 16.8 Å². The lowest BCUT2D eigenvalue weighted by Gasteiger charge is -2.19. The first kappa shape index (κ1) is 20.0. The van der Waals surface area contributed by atoms with E-state index in [-0.39, 0.29) is 18.6 Å². The van der Waals surface area contributed by atoms with E-state index in [0.29, 0.717) is 19.4 Å². The number of ether oxygens (including phenoxy) is 1. The van der Waals surface area contributed by atoms with Gasteiger partial charge in [0.2, 0.25) is 5.91 Å².